The van der Waals surface area contributed by atoms with Crippen molar-refractivity contribution in [3.63, 3.8) is 0 Å². The van der Waals surface area contributed by atoms with Gasteiger partial charge in [-0.1, -0.05) is 158 Å². The summed E-state index contributed by atoms with van der Waals surface area (Å²) in [6, 6.07) is 72.2. The van der Waals surface area contributed by atoms with Crippen molar-refractivity contribution in [2.75, 3.05) is 0 Å². The third-order valence-corrected chi connectivity index (χ3v) is 11.9. The molecule has 62 heavy (non-hydrogen) atoms. The van der Waals surface area contributed by atoms with E-state index in [1.807, 2.05) is 24.4 Å². The van der Waals surface area contributed by atoms with E-state index in [9.17, 15) is 0 Å². The van der Waals surface area contributed by atoms with Crippen molar-refractivity contribution >= 4 is 54.0 Å². The highest BCUT2D eigenvalue weighted by Gasteiger charge is 2.19. The first-order valence-electron chi connectivity index (χ1n) is 20.8. The molecule has 0 saturated heterocycles. The molecule has 0 saturated carbocycles. The number of rotatable bonds is 6. The molecule has 0 N–H and O–H groups in total. The summed E-state index contributed by atoms with van der Waals surface area (Å²) < 4.78 is 0. The van der Waals surface area contributed by atoms with Crippen LogP contribution in [0.5, 0.6) is 0 Å². The predicted octanol–water partition coefficient (Wildman–Crippen LogP) is 14.4. The average molecular weight is 790 g/mol. The summed E-state index contributed by atoms with van der Waals surface area (Å²) in [4.78, 5) is 25.7. The molecule has 0 fully saturated rings. The first-order valence-corrected chi connectivity index (χ1v) is 20.8. The van der Waals surface area contributed by atoms with E-state index in [1.54, 1.807) is 0 Å². The predicted molar refractivity (Wildman–Crippen MR) is 256 cm³/mol. The molecule has 12 rings (SSSR count). The Bertz CT molecular complexity index is 3600. The number of pyridine rings is 2. The molecule has 3 heterocycles. The van der Waals surface area contributed by atoms with Crippen molar-refractivity contribution in [2.24, 2.45) is 0 Å². The minimum absolute atomic E-state index is 0.584. The van der Waals surface area contributed by atoms with Gasteiger partial charge < -0.3 is 0 Å². The molecule has 9 aromatic carbocycles. The maximum absolute atomic E-state index is 5.26. The Balaban J connectivity index is 1.10. The molecule has 5 heteroatoms. The first kappa shape index (κ1) is 35.5. The van der Waals surface area contributed by atoms with Crippen LogP contribution in [0.1, 0.15) is 0 Å². The molecule has 3 aromatic heterocycles. The van der Waals surface area contributed by atoms with Gasteiger partial charge in [-0.2, -0.15) is 0 Å². The number of benzene rings is 9. The Morgan fingerprint density at radius 1 is 0.290 bits per heavy atom. The SMILES string of the molecule is c1ccc(-c2nc3ccccc3c3c2ccc2c(-c4cc(-c5ccccn5)cc(-c5nc(-c6ccc7ccccc7c6)nc(-c6ccc7ccccc7c6)n5)c4)cccc23)cc1. The van der Waals surface area contributed by atoms with Crippen molar-refractivity contribution in [2.45, 2.75) is 0 Å². The minimum Gasteiger partial charge on any atom is -0.256 e. The number of nitrogens with zero attached hydrogens (tertiary/aromatic N) is 5. The second-order valence-corrected chi connectivity index (χ2v) is 15.7. The van der Waals surface area contributed by atoms with Gasteiger partial charge in [0.1, 0.15) is 0 Å². The third-order valence-electron chi connectivity index (χ3n) is 11.9. The molecule has 0 bridgehead atoms. The number of fused-ring (bicyclic) bond motifs is 7. The molecule has 12 aromatic rings. The first-order chi connectivity index (χ1) is 30.7. The van der Waals surface area contributed by atoms with Crippen LogP contribution < -0.4 is 0 Å². The van der Waals surface area contributed by atoms with Gasteiger partial charge >= 0.3 is 0 Å². The summed E-state index contributed by atoms with van der Waals surface area (Å²) in [5.41, 5.74) is 9.73. The second-order valence-electron chi connectivity index (χ2n) is 15.7. The van der Waals surface area contributed by atoms with E-state index in [2.05, 4.69) is 188 Å². The highest BCUT2D eigenvalue weighted by Crippen LogP contribution is 2.41. The Labute approximate surface area is 357 Å². The maximum atomic E-state index is 5.26. The van der Waals surface area contributed by atoms with E-state index in [-0.39, 0.29) is 0 Å². The number of hydrogen-bond acceptors (Lipinski definition) is 5. The van der Waals surface area contributed by atoms with Gasteiger partial charge in [-0.15, -0.1) is 0 Å². The summed E-state index contributed by atoms with van der Waals surface area (Å²) in [6.07, 6.45) is 1.84. The lowest BCUT2D eigenvalue weighted by atomic mass is 9.90. The summed E-state index contributed by atoms with van der Waals surface area (Å²) >= 11 is 0. The highest BCUT2D eigenvalue weighted by atomic mass is 15.0. The van der Waals surface area contributed by atoms with Gasteiger partial charge in [-0.05, 0) is 92.0 Å². The van der Waals surface area contributed by atoms with Gasteiger partial charge in [-0.25, -0.2) is 19.9 Å². The van der Waals surface area contributed by atoms with E-state index in [0.29, 0.717) is 17.5 Å². The quantitative estimate of drug-likeness (QED) is 0.157. The molecule has 0 spiro atoms. The fourth-order valence-corrected chi connectivity index (χ4v) is 8.89. The lowest BCUT2D eigenvalue weighted by molar-refractivity contribution is 1.08. The summed E-state index contributed by atoms with van der Waals surface area (Å²) in [7, 11) is 0. The minimum atomic E-state index is 0.584. The standard InChI is InChI=1S/C57H35N5/c1-2-15-38(16-3-1)54-50-29-28-47-46(20-12-21-48(47)53(50)49-19-8-9-23-52(49)59-54)43-33-44(51-22-10-11-30-58-51)35-45(34-43)57-61-55(41-26-24-36-13-4-6-17-39(36)31-41)60-56(62-57)42-27-25-37-14-5-7-18-40(37)32-42/h1-35H. The second kappa shape index (κ2) is 14.7. The zero-order chi connectivity index (χ0) is 41.0. The van der Waals surface area contributed by atoms with Gasteiger partial charge in [0, 0.05) is 50.2 Å². The largest absolute Gasteiger partial charge is 0.256 e. The molecule has 0 unspecified atom stereocenters. The fraction of sp³-hybridized carbons (Fsp3) is 0. The lowest BCUT2D eigenvalue weighted by Crippen LogP contribution is -2.01. The average Bonchev–Trinajstić information content (AvgIpc) is 3.35. The van der Waals surface area contributed by atoms with Crippen LogP contribution in [0, 0.1) is 0 Å². The number of hydrogen-bond donors (Lipinski definition) is 0. The smallest absolute Gasteiger partial charge is 0.164 e. The zero-order valence-electron chi connectivity index (χ0n) is 33.4. The van der Waals surface area contributed by atoms with E-state index >= 15 is 0 Å². The van der Waals surface area contributed by atoms with Gasteiger partial charge in [0.2, 0.25) is 0 Å². The molecular weight excluding hydrogens is 755 g/mol. The molecule has 0 radical (unpaired) electrons. The Morgan fingerprint density at radius 3 is 1.58 bits per heavy atom. The van der Waals surface area contributed by atoms with E-state index in [1.165, 1.54) is 5.39 Å². The van der Waals surface area contributed by atoms with Crippen LogP contribution in [0.25, 0.3) is 122 Å². The molecular formula is C57H35N5. The van der Waals surface area contributed by atoms with Crippen molar-refractivity contribution in [1.82, 2.24) is 24.9 Å². The fourth-order valence-electron chi connectivity index (χ4n) is 8.89. The molecule has 0 aliphatic carbocycles. The molecule has 5 nitrogen and oxygen atoms in total. The normalized spacial score (nSPS) is 11.5. The van der Waals surface area contributed by atoms with Crippen LogP contribution in [0.4, 0.5) is 0 Å². The number of para-hydroxylation sites is 1. The summed E-state index contributed by atoms with van der Waals surface area (Å²) in [6.45, 7) is 0. The van der Waals surface area contributed by atoms with Crippen LogP contribution in [0.15, 0.2) is 212 Å². The van der Waals surface area contributed by atoms with Crippen molar-refractivity contribution < 1.29 is 0 Å². The lowest BCUT2D eigenvalue weighted by Gasteiger charge is -2.16. The Morgan fingerprint density at radius 2 is 0.871 bits per heavy atom. The Kier molecular flexibility index (Phi) is 8.42. The molecule has 0 amide bonds. The molecule has 288 valence electrons. The summed E-state index contributed by atoms with van der Waals surface area (Å²) in [5, 5.41) is 10.3. The van der Waals surface area contributed by atoms with Crippen LogP contribution in [-0.4, -0.2) is 24.9 Å². The van der Waals surface area contributed by atoms with Crippen molar-refractivity contribution in [1.29, 1.82) is 0 Å². The van der Waals surface area contributed by atoms with Gasteiger partial charge in [0.25, 0.3) is 0 Å². The monoisotopic (exact) mass is 789 g/mol. The zero-order valence-corrected chi connectivity index (χ0v) is 33.4. The van der Waals surface area contributed by atoms with Crippen molar-refractivity contribution in [3.8, 4) is 67.8 Å². The van der Waals surface area contributed by atoms with Crippen LogP contribution >= 0.6 is 0 Å². The highest BCUT2D eigenvalue weighted by molar-refractivity contribution is 6.24. The summed E-state index contributed by atoms with van der Waals surface area (Å²) in [5.74, 6) is 1.81. The van der Waals surface area contributed by atoms with Gasteiger partial charge in [-0.3, -0.25) is 4.98 Å². The van der Waals surface area contributed by atoms with Crippen LogP contribution in [0.2, 0.25) is 0 Å². The van der Waals surface area contributed by atoms with Crippen molar-refractivity contribution in [3.05, 3.63) is 212 Å². The third kappa shape index (κ3) is 6.23. The van der Waals surface area contributed by atoms with E-state index < -0.39 is 0 Å². The Hall–Kier alpha value is -8.41. The van der Waals surface area contributed by atoms with Crippen LogP contribution in [-0.2, 0) is 0 Å². The van der Waals surface area contributed by atoms with Gasteiger partial charge in [0.15, 0.2) is 17.5 Å². The van der Waals surface area contributed by atoms with Gasteiger partial charge in [0.05, 0.1) is 16.9 Å². The topological polar surface area (TPSA) is 64.5 Å². The number of aromatic nitrogens is 5. The molecule has 0 aliphatic rings. The molecule has 0 aliphatic heterocycles. The maximum Gasteiger partial charge on any atom is 0.164 e. The van der Waals surface area contributed by atoms with Crippen LogP contribution in [0.3, 0.4) is 0 Å². The molecule has 0 atom stereocenters. The van der Waals surface area contributed by atoms with E-state index in [4.69, 9.17) is 24.9 Å². The van der Waals surface area contributed by atoms with E-state index in [0.717, 1.165) is 98.9 Å².